The molecule has 8 fully saturated rings. The lowest BCUT2D eigenvalue weighted by molar-refractivity contribution is -0.400. The molecule has 20 heteroatoms. The lowest BCUT2D eigenvalue weighted by Gasteiger charge is -2.69. The summed E-state index contributed by atoms with van der Waals surface area (Å²) in [4.78, 5) is 27.7. The zero-order chi connectivity index (χ0) is 54.5. The zero-order valence-electron chi connectivity index (χ0n) is 44.8. The smallest absolute Gasteiger partial charge is 0.187 e. The van der Waals surface area contributed by atoms with Crippen molar-refractivity contribution in [3.8, 4) is 0 Å². The number of carbonyl (C=O) groups excluding carboxylic acids is 2. The lowest BCUT2D eigenvalue weighted by Crippen LogP contribution is -2.68. The Labute approximate surface area is 434 Å². The third-order valence-electron chi connectivity index (χ3n) is 19.8. The fraction of sp³-hybridized carbons (Fsp3) is 0.889. The fourth-order valence-electron chi connectivity index (χ4n) is 15.3. The molecule has 0 aromatic heterocycles. The van der Waals surface area contributed by atoms with Crippen molar-refractivity contribution in [1.82, 2.24) is 0 Å². The molecule has 0 radical (unpaired) electrons. The van der Waals surface area contributed by atoms with Crippen molar-refractivity contribution in [3.63, 3.8) is 0 Å². The van der Waals surface area contributed by atoms with E-state index in [1.807, 2.05) is 20.8 Å². The third kappa shape index (κ3) is 10.1. The molecular formula is C54H86O20. The number of ether oxygens (including phenoxy) is 8. The molecule has 422 valence electrons. The Kier molecular flexibility index (Phi) is 17.0. The summed E-state index contributed by atoms with van der Waals surface area (Å²) in [5, 5.41) is 110. The molecule has 0 unspecified atom stereocenters. The second-order valence-corrected chi connectivity index (χ2v) is 24.9. The predicted octanol–water partition coefficient (Wildman–Crippen LogP) is 1.07. The van der Waals surface area contributed by atoms with Gasteiger partial charge in [0.25, 0.3) is 0 Å². The summed E-state index contributed by atoms with van der Waals surface area (Å²) in [7, 11) is 0. The molecule has 4 aliphatic carbocycles. The number of allylic oxidation sites excluding steroid dienone is 4. The van der Waals surface area contributed by atoms with Crippen LogP contribution >= 0.6 is 0 Å². The minimum Gasteiger partial charge on any atom is -0.388 e. The summed E-state index contributed by atoms with van der Waals surface area (Å²) in [5.74, 6) is -0.0244. The topological polar surface area (TPSA) is 310 Å². The minimum absolute atomic E-state index is 0.00917. The monoisotopic (exact) mass is 1050 g/mol. The number of ketones is 2. The first-order chi connectivity index (χ1) is 34.5. The van der Waals surface area contributed by atoms with Crippen LogP contribution in [-0.4, -0.2) is 198 Å². The van der Waals surface area contributed by atoms with Gasteiger partial charge in [0, 0.05) is 12.3 Å². The SMILES string of the molecule is CC(C)=CC(=O)/C=C(/C)[C@H]1CC[C@]2(C)[C@@H]1C(=O)C[C@@H]1[C@@]3(C)CC[C@H](O[C@@H]4O[C@H](CO[C@@H]5O[C@@H](C)[C@H](O)[C@@H](O)[C@H]5O)[C@H](O)[C@H](O[C@@H]5O[C@@H](C)[C@H](O)[C@@H](O)[C@H]5O)[C@H]4O[C@@H]4O[C@@H](C)[C@H](O)[C@@H](O)[C@H]4O)C(C)(C)[C@@H]3CC[C@]12C. The molecule has 20 nitrogen and oxygen atoms in total. The van der Waals surface area contributed by atoms with Gasteiger partial charge in [-0.1, -0.05) is 45.8 Å². The van der Waals surface area contributed by atoms with E-state index in [9.17, 15) is 60.7 Å². The number of Topliss-reactive ketones (excluding diaryl/α,β-unsaturated/α-hetero) is 1. The van der Waals surface area contributed by atoms with Gasteiger partial charge in [0.2, 0.25) is 0 Å². The highest BCUT2D eigenvalue weighted by Crippen LogP contribution is 2.75. The molecule has 10 N–H and O–H groups in total. The van der Waals surface area contributed by atoms with Crippen LogP contribution in [-0.2, 0) is 47.5 Å². The van der Waals surface area contributed by atoms with E-state index in [1.165, 1.54) is 20.8 Å². The number of carbonyl (C=O) groups is 2. The second-order valence-electron chi connectivity index (χ2n) is 24.9. The van der Waals surface area contributed by atoms with Crippen molar-refractivity contribution in [2.75, 3.05) is 6.61 Å². The zero-order valence-corrected chi connectivity index (χ0v) is 44.8. The van der Waals surface area contributed by atoms with Gasteiger partial charge in [-0.3, -0.25) is 9.59 Å². The maximum Gasteiger partial charge on any atom is 0.187 e. The van der Waals surface area contributed by atoms with Gasteiger partial charge < -0.3 is 89.0 Å². The first-order valence-electron chi connectivity index (χ1n) is 26.9. The second kappa shape index (κ2) is 21.6. The normalized spacial score (nSPS) is 52.6. The highest BCUT2D eigenvalue weighted by Gasteiger charge is 2.71. The van der Waals surface area contributed by atoms with Crippen LogP contribution in [0.15, 0.2) is 23.3 Å². The number of rotatable bonds is 12. The number of aliphatic hydroxyl groups excluding tert-OH is 10. The van der Waals surface area contributed by atoms with Crippen LogP contribution in [0.1, 0.15) is 121 Å². The quantitative estimate of drug-likeness (QED) is 0.0966. The molecule has 8 rings (SSSR count). The molecule has 4 aliphatic heterocycles. The third-order valence-corrected chi connectivity index (χ3v) is 19.8. The van der Waals surface area contributed by atoms with Crippen LogP contribution in [0.25, 0.3) is 0 Å². The molecule has 4 heterocycles. The van der Waals surface area contributed by atoms with E-state index in [-0.39, 0.29) is 51.5 Å². The van der Waals surface area contributed by atoms with E-state index in [4.69, 9.17) is 37.9 Å². The molecule has 28 atom stereocenters. The Balaban J connectivity index is 1.11. The predicted molar refractivity (Wildman–Crippen MR) is 260 cm³/mol. The van der Waals surface area contributed by atoms with E-state index in [0.29, 0.717) is 19.3 Å². The Hall–Kier alpha value is -1.90. The molecule has 0 amide bonds. The van der Waals surface area contributed by atoms with E-state index < -0.39 is 141 Å². The molecule has 0 spiro atoms. The molecule has 0 aromatic rings. The maximum absolute atomic E-state index is 14.8. The summed E-state index contributed by atoms with van der Waals surface area (Å²) < 4.78 is 49.9. The molecule has 8 aliphatic rings. The average molecular weight is 1060 g/mol. The van der Waals surface area contributed by atoms with E-state index in [2.05, 4.69) is 34.6 Å². The van der Waals surface area contributed by atoms with Crippen LogP contribution < -0.4 is 0 Å². The largest absolute Gasteiger partial charge is 0.388 e. The first kappa shape index (κ1) is 58.3. The van der Waals surface area contributed by atoms with Crippen molar-refractivity contribution in [1.29, 1.82) is 0 Å². The van der Waals surface area contributed by atoms with Crippen molar-refractivity contribution in [3.05, 3.63) is 23.3 Å². The van der Waals surface area contributed by atoms with E-state index in [0.717, 1.165) is 36.8 Å². The van der Waals surface area contributed by atoms with Gasteiger partial charge in [-0.2, -0.15) is 0 Å². The van der Waals surface area contributed by atoms with Crippen molar-refractivity contribution < 1.29 is 98.5 Å². The average Bonchev–Trinajstić information content (AvgIpc) is 3.71. The number of aliphatic hydroxyl groups is 10. The Morgan fingerprint density at radius 1 is 0.568 bits per heavy atom. The fourth-order valence-corrected chi connectivity index (χ4v) is 15.3. The Morgan fingerprint density at radius 2 is 1.08 bits per heavy atom. The highest BCUT2D eigenvalue weighted by molar-refractivity contribution is 6.00. The molecular weight excluding hydrogens is 969 g/mol. The minimum atomic E-state index is -1.86. The van der Waals surface area contributed by atoms with E-state index in [1.54, 1.807) is 12.2 Å². The molecule has 74 heavy (non-hydrogen) atoms. The summed E-state index contributed by atoms with van der Waals surface area (Å²) in [6.07, 6.45) is -23.4. The van der Waals surface area contributed by atoms with Crippen LogP contribution in [0.4, 0.5) is 0 Å². The number of fused-ring (bicyclic) bond motifs is 5. The van der Waals surface area contributed by atoms with Crippen LogP contribution in [0.5, 0.6) is 0 Å². The van der Waals surface area contributed by atoms with Crippen LogP contribution in [0, 0.1) is 45.3 Å². The van der Waals surface area contributed by atoms with Crippen LogP contribution in [0.3, 0.4) is 0 Å². The summed E-state index contributed by atoms with van der Waals surface area (Å²) >= 11 is 0. The van der Waals surface area contributed by atoms with E-state index >= 15 is 0 Å². The number of hydrogen-bond donors (Lipinski definition) is 10. The van der Waals surface area contributed by atoms with Gasteiger partial charge in [0.1, 0.15) is 85.1 Å². The lowest BCUT2D eigenvalue weighted by atomic mass is 9.35. The first-order valence-corrected chi connectivity index (χ1v) is 26.9. The summed E-state index contributed by atoms with van der Waals surface area (Å²) in [6, 6.07) is 0. The van der Waals surface area contributed by atoms with Crippen molar-refractivity contribution in [2.45, 2.75) is 250 Å². The number of hydrogen-bond acceptors (Lipinski definition) is 20. The highest BCUT2D eigenvalue weighted by atomic mass is 16.8. The molecule has 4 saturated carbocycles. The van der Waals surface area contributed by atoms with Crippen LogP contribution in [0.2, 0.25) is 0 Å². The van der Waals surface area contributed by atoms with Gasteiger partial charge in [0.05, 0.1) is 31.0 Å². The Bertz CT molecular complexity index is 2080. The van der Waals surface area contributed by atoms with Gasteiger partial charge in [-0.15, -0.1) is 0 Å². The summed E-state index contributed by atoms with van der Waals surface area (Å²) in [6.45, 7) is 20.8. The molecule has 4 saturated heterocycles. The van der Waals surface area contributed by atoms with Crippen molar-refractivity contribution in [2.24, 2.45) is 45.3 Å². The molecule has 0 aromatic carbocycles. The Morgan fingerprint density at radius 3 is 1.64 bits per heavy atom. The van der Waals surface area contributed by atoms with Gasteiger partial charge in [-0.05, 0) is 132 Å². The standard InChI is InChI=1S/C54H86O20/c1-22(2)18-27(55)19-23(3)28-12-16-54(11)34(28)29(56)20-32-52(9)15-14-33(51(7,8)31(52)13-17-53(32,54)10)72-50-46(74-49-44(66)41(63)37(59)26(6)70-49)45(73-48-43(65)40(62)36(58)25(5)69-48)38(60)30(71-50)21-67-47-42(64)39(61)35(57)24(4)68-47/h18-19,24-26,28,30-50,57-66H,12-17,20-21H2,1-11H3/b23-19-/t24-,25-,26-,28+,30+,31-,32+,33-,34-,35-,36-,37-,38-,39+,40+,41+,42+,43+,44+,45-,46+,47+,48-,49-,50-,52-,53+,54+/m0/s1. The van der Waals surface area contributed by atoms with Gasteiger partial charge in [0.15, 0.2) is 30.9 Å². The molecule has 0 bridgehead atoms. The van der Waals surface area contributed by atoms with Gasteiger partial charge in [-0.25, -0.2) is 0 Å². The summed E-state index contributed by atoms with van der Waals surface area (Å²) in [5.41, 5.74) is 0.386. The van der Waals surface area contributed by atoms with Gasteiger partial charge >= 0.3 is 0 Å². The maximum atomic E-state index is 14.8. The van der Waals surface area contributed by atoms with Crippen molar-refractivity contribution >= 4 is 11.6 Å².